The number of benzene rings is 2. The van der Waals surface area contributed by atoms with Crippen molar-refractivity contribution < 1.29 is 33.8 Å². The lowest BCUT2D eigenvalue weighted by atomic mass is 9.98. The third-order valence-electron chi connectivity index (χ3n) is 6.09. The van der Waals surface area contributed by atoms with Crippen molar-refractivity contribution in [3.8, 4) is 11.1 Å². The van der Waals surface area contributed by atoms with E-state index in [1.807, 2.05) is 36.4 Å². The van der Waals surface area contributed by atoms with E-state index in [9.17, 15) is 24.3 Å². The van der Waals surface area contributed by atoms with Crippen LogP contribution in [-0.2, 0) is 23.9 Å². The lowest BCUT2D eigenvalue weighted by Gasteiger charge is -2.17. The average Bonchev–Trinajstić information content (AvgIpc) is 3.18. The summed E-state index contributed by atoms with van der Waals surface area (Å²) >= 11 is 0. The quantitative estimate of drug-likeness (QED) is 0.331. The normalized spacial score (nSPS) is 13.7. The van der Waals surface area contributed by atoms with Crippen molar-refractivity contribution in [2.45, 2.75) is 38.1 Å². The third kappa shape index (κ3) is 6.59. The zero-order chi connectivity index (χ0) is 25.4. The Morgan fingerprint density at radius 1 is 1.00 bits per heavy atom. The highest BCUT2D eigenvalue weighted by molar-refractivity contribution is 5.88. The van der Waals surface area contributed by atoms with Crippen LogP contribution in [0.25, 0.3) is 11.1 Å². The van der Waals surface area contributed by atoms with Crippen LogP contribution in [0, 0.1) is 5.92 Å². The fourth-order valence-electron chi connectivity index (χ4n) is 4.14. The Morgan fingerprint density at radius 3 is 2.17 bits per heavy atom. The summed E-state index contributed by atoms with van der Waals surface area (Å²) in [6, 6.07) is 14.8. The van der Waals surface area contributed by atoms with Gasteiger partial charge < -0.3 is 25.2 Å². The molecule has 9 heteroatoms. The van der Waals surface area contributed by atoms with Crippen molar-refractivity contribution in [3.63, 3.8) is 0 Å². The number of esters is 1. The predicted molar refractivity (Wildman–Crippen MR) is 128 cm³/mol. The first-order valence-electron chi connectivity index (χ1n) is 11.5. The molecule has 0 aliphatic heterocycles. The molecule has 0 heterocycles. The Bertz CT molecular complexity index is 1040. The summed E-state index contributed by atoms with van der Waals surface area (Å²) in [4.78, 5) is 47.1. The van der Waals surface area contributed by atoms with Gasteiger partial charge in [0.05, 0.1) is 13.5 Å². The SMILES string of the molecule is COC(=O)C[C@@H](NC(=O)C(C)CCCNC(=O)OCC1c2ccccc2-c2ccccc21)C(=O)O. The largest absolute Gasteiger partial charge is 0.480 e. The number of methoxy groups -OCH3 is 1. The van der Waals surface area contributed by atoms with E-state index in [0.29, 0.717) is 19.4 Å². The fourth-order valence-corrected chi connectivity index (χ4v) is 4.14. The van der Waals surface area contributed by atoms with Crippen molar-refractivity contribution in [2.24, 2.45) is 5.92 Å². The molecule has 0 aromatic heterocycles. The number of amides is 2. The number of fused-ring (bicyclic) bond motifs is 3. The van der Waals surface area contributed by atoms with Gasteiger partial charge in [0, 0.05) is 18.4 Å². The van der Waals surface area contributed by atoms with E-state index < -0.39 is 42.3 Å². The van der Waals surface area contributed by atoms with Crippen LogP contribution in [0.15, 0.2) is 48.5 Å². The molecular weight excluding hydrogens is 452 g/mol. The molecule has 3 N–H and O–H groups in total. The Labute approximate surface area is 203 Å². The summed E-state index contributed by atoms with van der Waals surface area (Å²) in [5, 5.41) is 14.2. The van der Waals surface area contributed by atoms with Crippen molar-refractivity contribution >= 4 is 23.9 Å². The standard InChI is InChI=1S/C26H30N2O7/c1-16(24(30)28-22(25(31)32)14-23(29)34-2)8-7-13-27-26(33)35-15-21-19-11-5-3-9-17(19)18-10-4-6-12-20(18)21/h3-6,9-12,16,21-22H,7-8,13-15H2,1-2H3,(H,27,33)(H,28,30)(H,31,32)/t16?,22-/m1/s1. The van der Waals surface area contributed by atoms with E-state index in [4.69, 9.17) is 4.74 Å². The van der Waals surface area contributed by atoms with Gasteiger partial charge in [-0.3, -0.25) is 9.59 Å². The third-order valence-corrected chi connectivity index (χ3v) is 6.09. The van der Waals surface area contributed by atoms with E-state index in [1.54, 1.807) is 6.92 Å². The maximum atomic E-state index is 12.3. The van der Waals surface area contributed by atoms with Crippen molar-refractivity contribution in [3.05, 3.63) is 59.7 Å². The number of hydrogen-bond acceptors (Lipinski definition) is 6. The summed E-state index contributed by atoms with van der Waals surface area (Å²) in [7, 11) is 1.15. The number of carboxylic acids is 1. The molecule has 0 saturated carbocycles. The number of nitrogens with one attached hydrogen (secondary N) is 2. The van der Waals surface area contributed by atoms with E-state index >= 15 is 0 Å². The number of ether oxygens (including phenoxy) is 2. The summed E-state index contributed by atoms with van der Waals surface area (Å²) in [6.07, 6.45) is -0.0747. The summed E-state index contributed by atoms with van der Waals surface area (Å²) < 4.78 is 9.94. The van der Waals surface area contributed by atoms with Crippen molar-refractivity contribution in [1.82, 2.24) is 10.6 Å². The molecule has 9 nitrogen and oxygen atoms in total. The number of carboxylic acid groups (broad SMARTS) is 1. The average molecular weight is 483 g/mol. The second kappa shape index (κ2) is 12.0. The van der Waals surface area contributed by atoms with Crippen LogP contribution in [0.3, 0.4) is 0 Å². The lowest BCUT2D eigenvalue weighted by molar-refractivity contribution is -0.149. The van der Waals surface area contributed by atoms with Gasteiger partial charge in [0.1, 0.15) is 12.6 Å². The number of carbonyl (C=O) groups is 4. The van der Waals surface area contributed by atoms with Gasteiger partial charge in [0.25, 0.3) is 0 Å². The number of carbonyl (C=O) groups excluding carboxylic acids is 3. The van der Waals surface area contributed by atoms with Crippen LogP contribution < -0.4 is 10.6 Å². The van der Waals surface area contributed by atoms with E-state index in [-0.39, 0.29) is 12.5 Å². The minimum absolute atomic E-state index is 0.0240. The molecule has 3 rings (SSSR count). The maximum Gasteiger partial charge on any atom is 0.407 e. The van der Waals surface area contributed by atoms with E-state index in [0.717, 1.165) is 29.4 Å². The second-order valence-electron chi connectivity index (χ2n) is 8.48. The molecule has 2 aromatic carbocycles. The molecule has 0 radical (unpaired) electrons. The van der Waals surface area contributed by atoms with Crippen LogP contribution in [0.1, 0.15) is 43.2 Å². The lowest BCUT2D eigenvalue weighted by Crippen LogP contribution is -2.44. The molecule has 0 spiro atoms. The molecule has 1 aliphatic carbocycles. The number of aliphatic carboxylic acids is 1. The molecule has 2 amide bonds. The van der Waals surface area contributed by atoms with Crippen molar-refractivity contribution in [1.29, 1.82) is 0 Å². The first kappa shape index (κ1) is 25.7. The zero-order valence-corrected chi connectivity index (χ0v) is 19.8. The number of rotatable bonds is 11. The van der Waals surface area contributed by atoms with Crippen LogP contribution in [0.4, 0.5) is 4.79 Å². The summed E-state index contributed by atoms with van der Waals surface area (Å²) in [6.45, 7) is 2.17. The molecular formula is C26H30N2O7. The van der Waals surface area contributed by atoms with Gasteiger partial charge in [0.2, 0.25) is 5.91 Å². The van der Waals surface area contributed by atoms with Crippen LogP contribution in [-0.4, -0.2) is 55.3 Å². The summed E-state index contributed by atoms with van der Waals surface area (Å²) in [5.74, 6) is -3.05. The maximum absolute atomic E-state index is 12.3. The Kier molecular flexibility index (Phi) is 8.83. The topological polar surface area (TPSA) is 131 Å². The molecule has 0 saturated heterocycles. The molecule has 1 unspecified atom stereocenters. The predicted octanol–water partition coefficient (Wildman–Crippen LogP) is 3.07. The van der Waals surface area contributed by atoms with Gasteiger partial charge in [0.15, 0.2) is 0 Å². The van der Waals surface area contributed by atoms with Crippen LogP contribution in [0.5, 0.6) is 0 Å². The number of hydrogen-bond donors (Lipinski definition) is 3. The van der Waals surface area contributed by atoms with E-state index in [2.05, 4.69) is 27.5 Å². The molecule has 35 heavy (non-hydrogen) atoms. The van der Waals surface area contributed by atoms with Crippen LogP contribution >= 0.6 is 0 Å². The molecule has 2 atom stereocenters. The monoisotopic (exact) mass is 482 g/mol. The van der Waals surface area contributed by atoms with Crippen LogP contribution in [0.2, 0.25) is 0 Å². The van der Waals surface area contributed by atoms with Gasteiger partial charge in [-0.05, 0) is 35.1 Å². The van der Waals surface area contributed by atoms with Gasteiger partial charge in [-0.2, -0.15) is 0 Å². The first-order chi connectivity index (χ1) is 16.8. The first-order valence-corrected chi connectivity index (χ1v) is 11.5. The molecule has 0 fully saturated rings. The van der Waals surface area contributed by atoms with Gasteiger partial charge in [-0.25, -0.2) is 9.59 Å². The zero-order valence-electron chi connectivity index (χ0n) is 19.8. The Balaban J connectivity index is 1.41. The minimum Gasteiger partial charge on any atom is -0.480 e. The second-order valence-corrected chi connectivity index (χ2v) is 8.48. The highest BCUT2D eigenvalue weighted by Gasteiger charge is 2.29. The fraction of sp³-hybridized carbons (Fsp3) is 0.385. The highest BCUT2D eigenvalue weighted by atomic mass is 16.5. The summed E-state index contributed by atoms with van der Waals surface area (Å²) in [5.41, 5.74) is 4.57. The minimum atomic E-state index is -1.35. The van der Waals surface area contributed by atoms with Crippen molar-refractivity contribution in [2.75, 3.05) is 20.3 Å². The van der Waals surface area contributed by atoms with Gasteiger partial charge >= 0.3 is 18.0 Å². The van der Waals surface area contributed by atoms with Gasteiger partial charge in [-0.1, -0.05) is 55.5 Å². The molecule has 1 aliphatic rings. The number of alkyl carbamates (subject to hydrolysis) is 1. The van der Waals surface area contributed by atoms with Gasteiger partial charge in [-0.15, -0.1) is 0 Å². The Morgan fingerprint density at radius 2 is 1.60 bits per heavy atom. The highest BCUT2D eigenvalue weighted by Crippen LogP contribution is 2.44. The smallest absolute Gasteiger partial charge is 0.407 e. The molecule has 186 valence electrons. The molecule has 0 bridgehead atoms. The van der Waals surface area contributed by atoms with E-state index in [1.165, 1.54) is 0 Å². The Hall–Kier alpha value is -3.88. The molecule has 2 aromatic rings.